The summed E-state index contributed by atoms with van der Waals surface area (Å²) in [5, 5.41) is 6.29. The highest BCUT2D eigenvalue weighted by atomic mass is 32.1. The van der Waals surface area contributed by atoms with Crippen LogP contribution in [-0.4, -0.2) is 53.1 Å². The lowest BCUT2D eigenvalue weighted by atomic mass is 9.93. The Labute approximate surface area is 151 Å². The molecule has 2 saturated heterocycles. The van der Waals surface area contributed by atoms with Gasteiger partial charge in [-0.1, -0.05) is 0 Å². The van der Waals surface area contributed by atoms with Crippen molar-refractivity contribution < 1.29 is 9.53 Å². The largest absolute Gasteiger partial charge is 0.376 e. The summed E-state index contributed by atoms with van der Waals surface area (Å²) in [6.45, 7) is 6.28. The lowest BCUT2D eigenvalue weighted by Crippen LogP contribution is -2.34. The van der Waals surface area contributed by atoms with Gasteiger partial charge in [-0.3, -0.25) is 14.7 Å². The van der Waals surface area contributed by atoms with Crippen molar-refractivity contribution in [3.8, 4) is 0 Å². The first-order valence-corrected chi connectivity index (χ1v) is 9.50. The first-order chi connectivity index (χ1) is 12.2. The van der Waals surface area contributed by atoms with Gasteiger partial charge < -0.3 is 10.1 Å². The first kappa shape index (κ1) is 16.6. The zero-order chi connectivity index (χ0) is 17.2. The molecule has 0 aromatic carbocycles. The van der Waals surface area contributed by atoms with Gasteiger partial charge in [0, 0.05) is 61.4 Å². The third kappa shape index (κ3) is 3.73. The second-order valence-corrected chi connectivity index (χ2v) is 7.86. The monoisotopic (exact) mass is 358 g/mol. The molecule has 3 atom stereocenters. The van der Waals surface area contributed by atoms with Crippen molar-refractivity contribution in [3.63, 3.8) is 0 Å². The van der Waals surface area contributed by atoms with Crippen LogP contribution in [0.5, 0.6) is 0 Å². The number of carbonyl (C=O) groups excluding carboxylic acids is 1. The van der Waals surface area contributed by atoms with Crippen LogP contribution in [0.2, 0.25) is 0 Å². The molecule has 0 spiro atoms. The highest BCUT2D eigenvalue weighted by Gasteiger charge is 2.43. The maximum absolute atomic E-state index is 12.2. The summed E-state index contributed by atoms with van der Waals surface area (Å²) >= 11 is 1.70. The van der Waals surface area contributed by atoms with Crippen LogP contribution >= 0.6 is 11.3 Å². The topological polar surface area (TPSA) is 67.4 Å². The van der Waals surface area contributed by atoms with E-state index in [0.717, 1.165) is 36.9 Å². The molecule has 6 nitrogen and oxygen atoms in total. The van der Waals surface area contributed by atoms with Gasteiger partial charge in [-0.2, -0.15) is 0 Å². The number of aromatic nitrogens is 2. The Hall–Kier alpha value is -1.83. The SMILES string of the molecule is Cc1nc(CN2C[C@H]3[C@H](CNC(=O)c4ccncc4)CO[C@H]3C2)cs1. The number of thiazole rings is 1. The molecule has 2 aromatic rings. The van der Waals surface area contributed by atoms with Crippen LogP contribution in [0.4, 0.5) is 0 Å². The Bertz CT molecular complexity index is 736. The zero-order valence-corrected chi connectivity index (χ0v) is 15.0. The lowest BCUT2D eigenvalue weighted by molar-refractivity contribution is 0.0903. The number of hydrogen-bond donors (Lipinski definition) is 1. The number of ether oxygens (including phenoxy) is 1. The Morgan fingerprint density at radius 3 is 3.00 bits per heavy atom. The molecule has 2 aliphatic heterocycles. The van der Waals surface area contributed by atoms with Gasteiger partial charge in [0.15, 0.2) is 0 Å². The highest BCUT2D eigenvalue weighted by Crippen LogP contribution is 2.34. The van der Waals surface area contributed by atoms with Crippen LogP contribution < -0.4 is 5.32 Å². The fourth-order valence-corrected chi connectivity index (χ4v) is 4.36. The number of nitrogens with one attached hydrogen (secondary N) is 1. The van der Waals surface area contributed by atoms with E-state index in [0.29, 0.717) is 23.9 Å². The third-order valence-corrected chi connectivity index (χ3v) is 5.86. The molecular weight excluding hydrogens is 336 g/mol. The molecule has 7 heteroatoms. The molecule has 4 heterocycles. The van der Waals surface area contributed by atoms with Crippen LogP contribution in [0.1, 0.15) is 21.1 Å². The van der Waals surface area contributed by atoms with E-state index in [2.05, 4.69) is 25.6 Å². The molecular formula is C18H22N4O2S. The number of hydrogen-bond acceptors (Lipinski definition) is 6. The van der Waals surface area contributed by atoms with Crippen LogP contribution in [0, 0.1) is 18.8 Å². The summed E-state index contributed by atoms with van der Waals surface area (Å²) in [4.78, 5) is 23.1. The Morgan fingerprint density at radius 2 is 2.24 bits per heavy atom. The molecule has 0 bridgehead atoms. The molecule has 2 fully saturated rings. The van der Waals surface area contributed by atoms with Gasteiger partial charge in [-0.15, -0.1) is 11.3 Å². The van der Waals surface area contributed by atoms with Gasteiger partial charge in [0.25, 0.3) is 5.91 Å². The van der Waals surface area contributed by atoms with Crippen LogP contribution in [0.25, 0.3) is 0 Å². The first-order valence-electron chi connectivity index (χ1n) is 8.62. The Morgan fingerprint density at radius 1 is 1.40 bits per heavy atom. The fraction of sp³-hybridized carbons (Fsp3) is 0.500. The third-order valence-electron chi connectivity index (χ3n) is 5.03. The molecule has 132 valence electrons. The average molecular weight is 358 g/mol. The molecule has 0 radical (unpaired) electrons. The quantitative estimate of drug-likeness (QED) is 0.882. The highest BCUT2D eigenvalue weighted by molar-refractivity contribution is 7.09. The van der Waals surface area contributed by atoms with E-state index in [1.54, 1.807) is 35.9 Å². The Kier molecular flexibility index (Phi) is 4.78. The minimum absolute atomic E-state index is 0.0429. The van der Waals surface area contributed by atoms with E-state index in [9.17, 15) is 4.79 Å². The van der Waals surface area contributed by atoms with Crippen molar-refractivity contribution in [3.05, 3.63) is 46.2 Å². The van der Waals surface area contributed by atoms with Crippen molar-refractivity contribution in [2.75, 3.05) is 26.2 Å². The molecule has 0 aliphatic carbocycles. The summed E-state index contributed by atoms with van der Waals surface area (Å²) in [6.07, 6.45) is 3.56. The van der Waals surface area contributed by atoms with Crippen molar-refractivity contribution in [2.24, 2.45) is 11.8 Å². The predicted octanol–water partition coefficient (Wildman–Crippen LogP) is 1.72. The molecule has 0 saturated carbocycles. The van der Waals surface area contributed by atoms with Gasteiger partial charge in [-0.05, 0) is 19.1 Å². The van der Waals surface area contributed by atoms with Crippen LogP contribution in [0.3, 0.4) is 0 Å². The summed E-state index contributed by atoms with van der Waals surface area (Å²) in [5.41, 5.74) is 1.79. The summed E-state index contributed by atoms with van der Waals surface area (Å²) in [7, 11) is 0. The number of amides is 1. The predicted molar refractivity (Wildman–Crippen MR) is 95.4 cm³/mol. The van der Waals surface area contributed by atoms with E-state index in [1.165, 1.54) is 0 Å². The van der Waals surface area contributed by atoms with E-state index in [4.69, 9.17) is 4.74 Å². The molecule has 2 aromatic heterocycles. The number of carbonyl (C=O) groups is 1. The van der Waals surface area contributed by atoms with Gasteiger partial charge in [0.2, 0.25) is 0 Å². The smallest absolute Gasteiger partial charge is 0.251 e. The number of likely N-dealkylation sites (tertiary alicyclic amines) is 1. The van der Waals surface area contributed by atoms with Gasteiger partial charge in [0.05, 0.1) is 23.4 Å². The second-order valence-electron chi connectivity index (χ2n) is 6.79. The second kappa shape index (κ2) is 7.19. The van der Waals surface area contributed by atoms with Gasteiger partial charge in [-0.25, -0.2) is 4.98 Å². The van der Waals surface area contributed by atoms with Crippen molar-refractivity contribution in [1.82, 2.24) is 20.2 Å². The van der Waals surface area contributed by atoms with Gasteiger partial charge >= 0.3 is 0 Å². The van der Waals surface area contributed by atoms with Crippen molar-refractivity contribution in [2.45, 2.75) is 19.6 Å². The zero-order valence-electron chi connectivity index (χ0n) is 14.2. The number of fused-ring (bicyclic) bond motifs is 1. The molecule has 1 amide bonds. The van der Waals surface area contributed by atoms with E-state index in [-0.39, 0.29) is 12.0 Å². The molecule has 0 unspecified atom stereocenters. The molecule has 1 N–H and O–H groups in total. The van der Waals surface area contributed by atoms with Crippen LogP contribution in [-0.2, 0) is 11.3 Å². The minimum atomic E-state index is -0.0429. The number of aryl methyl sites for hydroxylation is 1. The summed E-state index contributed by atoms with van der Waals surface area (Å²) in [6, 6.07) is 3.47. The summed E-state index contributed by atoms with van der Waals surface area (Å²) in [5.74, 6) is 0.814. The van der Waals surface area contributed by atoms with E-state index < -0.39 is 0 Å². The Balaban J connectivity index is 1.30. The maximum Gasteiger partial charge on any atom is 0.251 e. The number of pyridine rings is 1. The van der Waals surface area contributed by atoms with E-state index >= 15 is 0 Å². The fourth-order valence-electron chi connectivity index (χ4n) is 3.76. The van der Waals surface area contributed by atoms with E-state index in [1.807, 2.05) is 6.92 Å². The van der Waals surface area contributed by atoms with Crippen LogP contribution in [0.15, 0.2) is 29.9 Å². The molecule has 2 aliphatic rings. The standard InChI is InChI=1S/C18H22N4O2S/c1-12-21-15(11-25-12)7-22-8-16-14(10-24-17(16)9-22)6-20-18(23)13-2-4-19-5-3-13/h2-5,11,14,16-17H,6-10H2,1H3,(H,20,23)/t14-,16+,17+/m1/s1. The van der Waals surface area contributed by atoms with Gasteiger partial charge in [0.1, 0.15) is 0 Å². The average Bonchev–Trinajstić information content (AvgIpc) is 3.30. The lowest BCUT2D eigenvalue weighted by Gasteiger charge is -2.19. The maximum atomic E-state index is 12.2. The number of rotatable bonds is 5. The molecule has 4 rings (SSSR count). The number of nitrogens with zero attached hydrogens (tertiary/aromatic N) is 3. The van der Waals surface area contributed by atoms with Crippen molar-refractivity contribution in [1.29, 1.82) is 0 Å². The normalized spacial score (nSPS) is 25.9. The van der Waals surface area contributed by atoms with Crippen molar-refractivity contribution >= 4 is 17.2 Å². The molecule has 25 heavy (non-hydrogen) atoms. The summed E-state index contributed by atoms with van der Waals surface area (Å²) < 4.78 is 5.98. The minimum Gasteiger partial charge on any atom is -0.376 e.